The maximum Gasteiger partial charge on any atom is 0.286 e. The predicted molar refractivity (Wildman–Crippen MR) is 122 cm³/mol. The van der Waals surface area contributed by atoms with Crippen LogP contribution in [-0.4, -0.2) is 36.2 Å². The van der Waals surface area contributed by atoms with Crippen molar-refractivity contribution in [2.24, 2.45) is 10.3 Å². The van der Waals surface area contributed by atoms with E-state index in [1.807, 2.05) is 0 Å². The van der Waals surface area contributed by atoms with Crippen LogP contribution in [0.15, 0.2) is 69.2 Å². The van der Waals surface area contributed by atoms with E-state index in [9.17, 15) is 22.7 Å². The highest BCUT2D eigenvalue weighted by Crippen LogP contribution is 2.39. The number of fused-ring (bicyclic) bond motifs is 1. The second kappa shape index (κ2) is 8.30. The van der Waals surface area contributed by atoms with Gasteiger partial charge >= 0.3 is 0 Å². The third kappa shape index (κ3) is 3.90. The number of hydrogen-bond acceptors (Lipinski definition) is 5. The van der Waals surface area contributed by atoms with Gasteiger partial charge in [0.2, 0.25) is 0 Å². The van der Waals surface area contributed by atoms with Crippen molar-refractivity contribution in [1.82, 2.24) is 4.90 Å². The molecule has 2 heterocycles. The minimum absolute atomic E-state index is 0.0197. The van der Waals surface area contributed by atoms with Crippen molar-refractivity contribution in [3.8, 4) is 0 Å². The van der Waals surface area contributed by atoms with Gasteiger partial charge in [-0.1, -0.05) is 43.5 Å². The largest absolute Gasteiger partial charge is 0.509 e. The number of hydrogen-bond donors (Lipinski definition) is 2. The summed E-state index contributed by atoms with van der Waals surface area (Å²) in [5.41, 5.74) is 0.906. The van der Waals surface area contributed by atoms with Crippen molar-refractivity contribution in [1.29, 1.82) is 0 Å². The number of amidine groups is 1. The molecule has 1 saturated carbocycles. The average Bonchev–Trinajstić information content (AvgIpc) is 3.04. The molecule has 2 aromatic rings. The summed E-state index contributed by atoms with van der Waals surface area (Å²) < 4.78 is 42.7. The van der Waals surface area contributed by atoms with Crippen molar-refractivity contribution < 1.29 is 22.7 Å². The number of para-hydroxylation sites is 1. The van der Waals surface area contributed by atoms with Crippen LogP contribution < -0.4 is 5.32 Å². The molecule has 0 radical (unpaired) electrons. The van der Waals surface area contributed by atoms with Gasteiger partial charge in [0.05, 0.1) is 11.7 Å². The van der Waals surface area contributed by atoms with Gasteiger partial charge < -0.3 is 15.3 Å². The van der Waals surface area contributed by atoms with E-state index < -0.39 is 22.0 Å². The van der Waals surface area contributed by atoms with E-state index in [0.717, 1.165) is 37.7 Å². The van der Waals surface area contributed by atoms with Gasteiger partial charge in [-0.15, -0.1) is 4.40 Å². The first kappa shape index (κ1) is 21.6. The third-order valence-electron chi connectivity index (χ3n) is 6.58. The van der Waals surface area contributed by atoms with Crippen molar-refractivity contribution >= 4 is 27.5 Å². The number of halogens is 1. The monoisotopic (exact) mass is 469 g/mol. The molecule has 0 bridgehead atoms. The molecule has 2 N–H and O–H groups in total. The van der Waals surface area contributed by atoms with Crippen molar-refractivity contribution in [3.63, 3.8) is 0 Å². The Hall–Kier alpha value is -3.20. The lowest BCUT2D eigenvalue weighted by Gasteiger charge is -2.34. The number of carbonyl (C=O) groups excluding carboxylic acids is 1. The Morgan fingerprint density at radius 1 is 1.06 bits per heavy atom. The van der Waals surface area contributed by atoms with Crippen LogP contribution in [0.2, 0.25) is 0 Å². The van der Waals surface area contributed by atoms with Gasteiger partial charge in [-0.2, -0.15) is 8.42 Å². The summed E-state index contributed by atoms with van der Waals surface area (Å²) >= 11 is 0. The molecule has 2 aliphatic heterocycles. The molecule has 0 saturated heterocycles. The number of aliphatic hydroxyl groups excluding tert-OH is 1. The number of amides is 1. The van der Waals surface area contributed by atoms with Crippen LogP contribution in [0.1, 0.15) is 37.7 Å². The lowest BCUT2D eigenvalue weighted by molar-refractivity contribution is -0.128. The van der Waals surface area contributed by atoms with Crippen molar-refractivity contribution in [2.45, 2.75) is 49.6 Å². The van der Waals surface area contributed by atoms with E-state index >= 15 is 0 Å². The van der Waals surface area contributed by atoms with Gasteiger partial charge in [0.1, 0.15) is 22.0 Å². The summed E-state index contributed by atoms with van der Waals surface area (Å²) in [6.07, 6.45) is 4.83. The molecule has 1 aliphatic carbocycles. The fourth-order valence-electron chi connectivity index (χ4n) is 5.00. The van der Waals surface area contributed by atoms with Gasteiger partial charge in [0, 0.05) is 6.54 Å². The van der Waals surface area contributed by atoms with Gasteiger partial charge in [-0.3, -0.25) is 4.79 Å². The normalized spacial score (nSPS) is 22.7. The van der Waals surface area contributed by atoms with Crippen LogP contribution in [0.3, 0.4) is 0 Å². The number of benzene rings is 2. The first-order valence-corrected chi connectivity index (χ1v) is 12.5. The first-order chi connectivity index (χ1) is 15.8. The molecule has 33 heavy (non-hydrogen) atoms. The van der Waals surface area contributed by atoms with Crippen LogP contribution in [0.4, 0.5) is 10.1 Å². The Kier molecular flexibility index (Phi) is 5.44. The molecule has 3 aliphatic rings. The second-order valence-electron chi connectivity index (χ2n) is 8.70. The summed E-state index contributed by atoms with van der Waals surface area (Å²) in [5, 5.41) is 14.2. The average molecular weight is 470 g/mol. The predicted octanol–water partition coefficient (Wildman–Crippen LogP) is 4.14. The number of nitrogens with zero attached hydrogens (tertiary/aromatic N) is 2. The maximum absolute atomic E-state index is 13.6. The summed E-state index contributed by atoms with van der Waals surface area (Å²) in [7, 11) is -4.03. The fourth-order valence-corrected chi connectivity index (χ4v) is 6.13. The van der Waals surface area contributed by atoms with Crippen LogP contribution in [0.5, 0.6) is 0 Å². The summed E-state index contributed by atoms with van der Waals surface area (Å²) in [6, 6.07) is 11.6. The molecule has 0 spiro atoms. The summed E-state index contributed by atoms with van der Waals surface area (Å²) in [4.78, 5) is 15.2. The zero-order chi connectivity index (χ0) is 23.2. The molecule has 1 unspecified atom stereocenters. The zero-order valence-corrected chi connectivity index (χ0v) is 18.7. The van der Waals surface area contributed by atoms with E-state index in [-0.39, 0.29) is 40.3 Å². The van der Waals surface area contributed by atoms with Crippen molar-refractivity contribution in [2.75, 3.05) is 5.32 Å². The maximum atomic E-state index is 13.6. The second-order valence-corrected chi connectivity index (χ2v) is 10.3. The number of sulfonamides is 1. The Morgan fingerprint density at radius 3 is 2.48 bits per heavy atom. The quantitative estimate of drug-likeness (QED) is 0.701. The third-order valence-corrected chi connectivity index (χ3v) is 7.91. The SMILES string of the molecule is O=C1C(C2=NS(=O)(=O)c3ccccc3N2)=C(O)C(C2CCCCC2)N1Cc1ccc(F)cc1. The Balaban J connectivity index is 1.55. The van der Waals surface area contributed by atoms with Crippen LogP contribution in [-0.2, 0) is 21.4 Å². The number of carbonyl (C=O) groups is 1. The lowest BCUT2D eigenvalue weighted by Crippen LogP contribution is -2.41. The summed E-state index contributed by atoms with van der Waals surface area (Å²) in [6.45, 7) is 0.171. The number of nitrogens with one attached hydrogen (secondary N) is 1. The molecule has 172 valence electrons. The highest BCUT2D eigenvalue weighted by Gasteiger charge is 2.46. The molecule has 9 heteroatoms. The van der Waals surface area contributed by atoms with Crippen LogP contribution in [0.25, 0.3) is 0 Å². The minimum atomic E-state index is -4.03. The first-order valence-electron chi connectivity index (χ1n) is 11.0. The van der Waals surface area contributed by atoms with E-state index in [1.165, 1.54) is 18.2 Å². The van der Waals surface area contributed by atoms with Gasteiger partial charge in [-0.25, -0.2) is 4.39 Å². The van der Waals surface area contributed by atoms with Gasteiger partial charge in [0.15, 0.2) is 5.84 Å². The molecule has 2 aromatic carbocycles. The van der Waals surface area contributed by atoms with E-state index in [4.69, 9.17) is 0 Å². The van der Waals surface area contributed by atoms with Gasteiger partial charge in [-0.05, 0) is 48.6 Å². The van der Waals surface area contributed by atoms with E-state index in [2.05, 4.69) is 9.71 Å². The van der Waals surface area contributed by atoms with Gasteiger partial charge in [0.25, 0.3) is 15.9 Å². The Morgan fingerprint density at radius 2 is 1.76 bits per heavy atom. The standard InChI is InChI=1S/C24H24FN3O4S/c25-17-12-10-15(11-13-17)14-28-21(16-6-2-1-3-7-16)22(29)20(24(28)30)23-26-18-8-4-5-9-19(18)33(31,32)27-23/h4-5,8-13,16,21,29H,1-3,6-7,14H2,(H,26,27). The van der Waals surface area contributed by atoms with Crippen LogP contribution in [0, 0.1) is 11.7 Å². The fraction of sp³-hybridized carbons (Fsp3) is 0.333. The molecule has 0 aromatic heterocycles. The van der Waals surface area contributed by atoms with E-state index in [0.29, 0.717) is 5.69 Å². The van der Waals surface area contributed by atoms with E-state index in [1.54, 1.807) is 35.2 Å². The smallest absolute Gasteiger partial charge is 0.286 e. The minimum Gasteiger partial charge on any atom is -0.509 e. The Labute approximate surface area is 191 Å². The lowest BCUT2D eigenvalue weighted by atomic mass is 9.83. The summed E-state index contributed by atoms with van der Waals surface area (Å²) in [5.74, 6) is -1.14. The number of rotatable bonds is 4. The van der Waals surface area contributed by atoms with Crippen LogP contribution >= 0.6 is 0 Å². The van der Waals surface area contributed by atoms with Crippen molar-refractivity contribution in [3.05, 3.63) is 71.2 Å². The molecular weight excluding hydrogens is 445 g/mol. The Bertz CT molecular complexity index is 1260. The molecule has 5 rings (SSSR count). The molecule has 7 nitrogen and oxygen atoms in total. The molecule has 1 atom stereocenters. The number of anilines is 1. The highest BCUT2D eigenvalue weighted by atomic mass is 32.2. The molecule has 1 fully saturated rings. The molecule has 1 amide bonds. The number of aliphatic hydroxyl groups is 1. The topological polar surface area (TPSA) is 99.1 Å². The zero-order valence-electron chi connectivity index (χ0n) is 17.9. The highest BCUT2D eigenvalue weighted by molar-refractivity contribution is 7.90. The molecular formula is C24H24FN3O4S.